The summed E-state index contributed by atoms with van der Waals surface area (Å²) in [5.41, 5.74) is 1.93. The molecule has 196 valence electrons. The maximum Gasteiger partial charge on any atom is 0.263 e. The Morgan fingerprint density at radius 1 is 1.05 bits per heavy atom. The number of benzene rings is 2. The van der Waals surface area contributed by atoms with Gasteiger partial charge in [0.25, 0.3) is 10.0 Å². The minimum atomic E-state index is -4.04. The van der Waals surface area contributed by atoms with E-state index in [9.17, 15) is 12.8 Å². The van der Waals surface area contributed by atoms with Gasteiger partial charge in [-0.3, -0.25) is 4.72 Å². The van der Waals surface area contributed by atoms with Gasteiger partial charge in [0.1, 0.15) is 10.7 Å². The Hall–Kier alpha value is -3.01. The highest BCUT2D eigenvalue weighted by Gasteiger charge is 2.23. The monoisotopic (exact) mass is 543 g/mol. The first-order valence-electron chi connectivity index (χ1n) is 12.1. The number of hydrogen-bond acceptors (Lipinski definition) is 6. The van der Waals surface area contributed by atoms with Crippen molar-refractivity contribution in [3.8, 4) is 0 Å². The summed E-state index contributed by atoms with van der Waals surface area (Å²) >= 11 is 6.01. The molecule has 37 heavy (non-hydrogen) atoms. The van der Waals surface area contributed by atoms with Crippen LogP contribution < -0.4 is 10.0 Å². The van der Waals surface area contributed by atoms with Gasteiger partial charge in [0.05, 0.1) is 10.7 Å². The highest BCUT2D eigenvalue weighted by atomic mass is 35.5. The van der Waals surface area contributed by atoms with Crippen LogP contribution in [-0.2, 0) is 10.0 Å². The number of hydrogen-bond donors (Lipinski definition) is 2. The molecule has 10 heteroatoms. The largest absolute Gasteiger partial charge is 0.351 e. The maximum absolute atomic E-state index is 14.8. The number of anilines is 2. The first kappa shape index (κ1) is 27.0. The summed E-state index contributed by atoms with van der Waals surface area (Å²) < 4.78 is 42.5. The highest BCUT2D eigenvalue weighted by Crippen LogP contribution is 2.27. The zero-order chi connectivity index (χ0) is 26.6. The number of nitrogens with one attached hydrogen (secondary N) is 2. The van der Waals surface area contributed by atoms with Gasteiger partial charge in [-0.25, -0.2) is 22.8 Å². The van der Waals surface area contributed by atoms with Gasteiger partial charge in [0.2, 0.25) is 5.95 Å². The van der Waals surface area contributed by atoms with E-state index >= 15 is 0 Å². The van der Waals surface area contributed by atoms with Crippen molar-refractivity contribution >= 4 is 45.4 Å². The number of halogens is 2. The average molecular weight is 544 g/mol. The molecule has 0 atom stereocenters. The van der Waals surface area contributed by atoms with Crippen LogP contribution in [0.15, 0.2) is 53.7 Å². The fourth-order valence-electron chi connectivity index (χ4n) is 4.42. The molecule has 4 rings (SSSR count). The predicted molar refractivity (Wildman–Crippen MR) is 148 cm³/mol. The van der Waals surface area contributed by atoms with Gasteiger partial charge in [0, 0.05) is 30.0 Å². The quantitative estimate of drug-likeness (QED) is 0.371. The van der Waals surface area contributed by atoms with Gasteiger partial charge >= 0.3 is 0 Å². The normalized spacial score (nSPS) is 18.3. The van der Waals surface area contributed by atoms with E-state index in [0.717, 1.165) is 31.2 Å². The summed E-state index contributed by atoms with van der Waals surface area (Å²) in [6, 6.07) is 9.76. The van der Waals surface area contributed by atoms with Gasteiger partial charge in [-0.2, -0.15) is 0 Å². The molecule has 0 spiro atoms. The minimum Gasteiger partial charge on any atom is -0.351 e. The van der Waals surface area contributed by atoms with Crippen LogP contribution in [0.5, 0.6) is 0 Å². The maximum atomic E-state index is 14.8. The summed E-state index contributed by atoms with van der Waals surface area (Å²) in [6.45, 7) is 1.78. The first-order valence-corrected chi connectivity index (χ1v) is 14.0. The van der Waals surface area contributed by atoms with Crippen molar-refractivity contribution in [1.29, 1.82) is 0 Å². The Morgan fingerprint density at radius 2 is 1.73 bits per heavy atom. The molecule has 1 aliphatic carbocycles. The lowest BCUT2D eigenvalue weighted by molar-refractivity contribution is 0.221. The van der Waals surface area contributed by atoms with Gasteiger partial charge in [-0.15, -0.1) is 0 Å². The fourth-order valence-corrected chi connectivity index (χ4v) is 6.00. The van der Waals surface area contributed by atoms with E-state index in [-0.39, 0.29) is 15.6 Å². The van der Waals surface area contributed by atoms with Gasteiger partial charge in [-0.05, 0) is 82.1 Å². The molecule has 0 aliphatic heterocycles. The van der Waals surface area contributed by atoms with E-state index in [1.165, 1.54) is 24.3 Å². The van der Waals surface area contributed by atoms with Crippen LogP contribution in [0.25, 0.3) is 12.2 Å². The molecule has 3 aromatic rings. The average Bonchev–Trinajstić information content (AvgIpc) is 2.86. The van der Waals surface area contributed by atoms with Gasteiger partial charge < -0.3 is 10.2 Å². The number of nitrogens with zero attached hydrogens (tertiary/aromatic N) is 3. The third kappa shape index (κ3) is 6.85. The molecular formula is C27H31ClFN5O2S. The van der Waals surface area contributed by atoms with Crippen LogP contribution in [0.1, 0.15) is 42.4 Å². The molecule has 1 aromatic heterocycles. The smallest absolute Gasteiger partial charge is 0.263 e. The molecule has 1 saturated carbocycles. The fraction of sp³-hybridized carbons (Fsp3) is 0.333. The van der Waals surface area contributed by atoms with Gasteiger partial charge in [0.15, 0.2) is 0 Å². The van der Waals surface area contributed by atoms with Crippen molar-refractivity contribution in [2.75, 3.05) is 24.1 Å². The van der Waals surface area contributed by atoms with Crippen LogP contribution in [0.2, 0.25) is 5.02 Å². The lowest BCUT2D eigenvalue weighted by Gasteiger charge is -2.32. The second kappa shape index (κ2) is 11.6. The molecule has 0 unspecified atom stereocenters. The highest BCUT2D eigenvalue weighted by molar-refractivity contribution is 7.92. The Morgan fingerprint density at radius 3 is 2.38 bits per heavy atom. The van der Waals surface area contributed by atoms with E-state index < -0.39 is 15.8 Å². The molecule has 0 amide bonds. The zero-order valence-corrected chi connectivity index (χ0v) is 22.7. The molecule has 7 nitrogen and oxygen atoms in total. The number of aryl methyl sites for hydroxylation is 1. The summed E-state index contributed by atoms with van der Waals surface area (Å²) in [7, 11) is 0.216. The molecule has 0 saturated heterocycles. The van der Waals surface area contributed by atoms with E-state index in [4.69, 9.17) is 11.6 Å². The van der Waals surface area contributed by atoms with Crippen molar-refractivity contribution in [1.82, 2.24) is 14.9 Å². The zero-order valence-electron chi connectivity index (χ0n) is 21.1. The summed E-state index contributed by atoms with van der Waals surface area (Å²) in [6.07, 6.45) is 11.5. The van der Waals surface area contributed by atoms with Crippen molar-refractivity contribution in [2.45, 2.75) is 49.6 Å². The second-order valence-corrected chi connectivity index (χ2v) is 11.6. The number of rotatable bonds is 8. The van der Waals surface area contributed by atoms with Gasteiger partial charge in [-0.1, -0.05) is 35.9 Å². The third-order valence-electron chi connectivity index (χ3n) is 6.61. The Balaban J connectivity index is 1.40. The lowest BCUT2D eigenvalue weighted by atomic mass is 9.91. The van der Waals surface area contributed by atoms with Crippen molar-refractivity contribution < 1.29 is 12.8 Å². The first-order chi connectivity index (χ1) is 17.6. The van der Waals surface area contributed by atoms with Crippen LogP contribution >= 0.6 is 11.6 Å². The molecule has 2 aromatic carbocycles. The summed E-state index contributed by atoms with van der Waals surface area (Å²) in [4.78, 5) is 11.0. The van der Waals surface area contributed by atoms with Crippen LogP contribution in [0.4, 0.5) is 16.0 Å². The van der Waals surface area contributed by atoms with E-state index in [0.29, 0.717) is 29.2 Å². The number of sulfonamides is 1. The second-order valence-electron chi connectivity index (χ2n) is 9.51. The minimum absolute atomic E-state index is 0.0619. The van der Waals surface area contributed by atoms with E-state index in [1.807, 2.05) is 0 Å². The van der Waals surface area contributed by atoms with Crippen molar-refractivity contribution in [3.63, 3.8) is 0 Å². The Kier molecular flexibility index (Phi) is 8.46. The lowest BCUT2D eigenvalue weighted by Crippen LogP contribution is -2.36. The van der Waals surface area contributed by atoms with Crippen molar-refractivity contribution in [3.05, 3.63) is 76.3 Å². The van der Waals surface area contributed by atoms with Crippen LogP contribution in [-0.4, -0.2) is 49.5 Å². The molecule has 1 fully saturated rings. The summed E-state index contributed by atoms with van der Waals surface area (Å²) in [5.74, 6) is -0.0940. The molecule has 2 N–H and O–H groups in total. The Labute approximate surface area is 222 Å². The van der Waals surface area contributed by atoms with E-state index in [2.05, 4.69) is 39.0 Å². The molecule has 1 aliphatic rings. The van der Waals surface area contributed by atoms with E-state index in [1.54, 1.807) is 43.6 Å². The SMILES string of the molecule is Cc1cc(NS(=O)(=O)c2ccccc2Cl)c(F)cc1/C=C/c1cnc(NC2CCC(N(C)C)CC2)nc1. The molecule has 1 heterocycles. The molecular weight excluding hydrogens is 513 g/mol. The molecule has 0 bridgehead atoms. The van der Waals surface area contributed by atoms with Crippen molar-refractivity contribution in [2.24, 2.45) is 0 Å². The Bertz CT molecular complexity index is 1370. The van der Waals surface area contributed by atoms with Crippen LogP contribution in [0, 0.1) is 12.7 Å². The predicted octanol–water partition coefficient (Wildman–Crippen LogP) is 5.83. The third-order valence-corrected chi connectivity index (χ3v) is 8.48. The van der Waals surface area contributed by atoms with Crippen LogP contribution in [0.3, 0.4) is 0 Å². The standard InChI is InChI=1S/C27H31ClFN5O2S/c1-18-14-25(33-37(35,36)26-7-5-4-6-23(26)28)24(29)15-20(18)9-8-19-16-30-27(31-17-19)32-21-10-12-22(13-11-21)34(2)3/h4-9,14-17,21-22,33H,10-13H2,1-3H3,(H,30,31,32)/b9-8+. The number of aromatic nitrogens is 2. The molecule has 0 radical (unpaired) electrons. The topological polar surface area (TPSA) is 87.2 Å². The summed E-state index contributed by atoms with van der Waals surface area (Å²) in [5, 5.41) is 3.48.